The second-order valence-corrected chi connectivity index (χ2v) is 2.67. The van der Waals surface area contributed by atoms with Crippen molar-refractivity contribution in [2.75, 3.05) is 5.32 Å². The number of amides is 1. The van der Waals surface area contributed by atoms with Gasteiger partial charge in [0, 0.05) is 17.8 Å². The van der Waals surface area contributed by atoms with Crippen LogP contribution in [0.5, 0.6) is 0 Å². The van der Waals surface area contributed by atoms with Gasteiger partial charge in [-0.2, -0.15) is 0 Å². The molecule has 1 aromatic carbocycles. The second-order valence-electron chi connectivity index (χ2n) is 2.67. The number of hydrogen-bond acceptors (Lipinski definition) is 2. The van der Waals surface area contributed by atoms with Crippen LogP contribution >= 0.6 is 0 Å². The van der Waals surface area contributed by atoms with Crippen LogP contribution in [0.4, 0.5) is 10.1 Å². The Morgan fingerprint density at radius 3 is 2.33 bits per heavy atom. The summed E-state index contributed by atoms with van der Waals surface area (Å²) in [5, 5.41) is 10.6. The van der Waals surface area contributed by atoms with Crippen molar-refractivity contribution in [3.8, 4) is 0 Å². The second kappa shape index (κ2) is 4.90. The average Bonchev–Trinajstić information content (AvgIpc) is 2.19. The predicted molar refractivity (Wildman–Crippen MR) is 51.8 cm³/mol. The highest BCUT2D eigenvalue weighted by molar-refractivity contribution is 6.02. The summed E-state index contributed by atoms with van der Waals surface area (Å²) >= 11 is 0. The first-order valence-electron chi connectivity index (χ1n) is 4.05. The first kappa shape index (κ1) is 10.9. The molecular formula is C10H8FNO3. The van der Waals surface area contributed by atoms with Gasteiger partial charge in [-0.3, -0.25) is 4.79 Å². The Hall–Kier alpha value is -2.17. The van der Waals surface area contributed by atoms with E-state index >= 15 is 0 Å². The van der Waals surface area contributed by atoms with E-state index in [4.69, 9.17) is 5.11 Å². The molecule has 15 heavy (non-hydrogen) atoms. The Kier molecular flexibility index (Phi) is 3.56. The number of nitrogens with one attached hydrogen (secondary N) is 1. The molecule has 0 radical (unpaired) electrons. The third-order valence-corrected chi connectivity index (χ3v) is 1.49. The highest BCUT2D eigenvalue weighted by Gasteiger charge is 1.98. The highest BCUT2D eigenvalue weighted by atomic mass is 19.1. The molecule has 4 nitrogen and oxygen atoms in total. The summed E-state index contributed by atoms with van der Waals surface area (Å²) in [7, 11) is 0. The molecule has 0 saturated carbocycles. The largest absolute Gasteiger partial charge is 0.478 e. The van der Waals surface area contributed by atoms with E-state index in [9.17, 15) is 14.0 Å². The van der Waals surface area contributed by atoms with Crippen LogP contribution in [0.1, 0.15) is 0 Å². The SMILES string of the molecule is O=C(O)C=CC(=O)Nc1ccc(F)cc1. The number of aliphatic carboxylic acids is 1. The molecule has 0 saturated heterocycles. The lowest BCUT2D eigenvalue weighted by atomic mass is 10.3. The standard InChI is InChI=1S/C10H8FNO3/c11-7-1-3-8(4-2-7)12-9(13)5-6-10(14)15/h1-6H,(H,12,13)(H,14,15). The average molecular weight is 209 g/mol. The van der Waals surface area contributed by atoms with Gasteiger partial charge in [-0.05, 0) is 24.3 Å². The maximum absolute atomic E-state index is 12.5. The van der Waals surface area contributed by atoms with Crippen LogP contribution in [0.2, 0.25) is 0 Å². The van der Waals surface area contributed by atoms with Gasteiger partial charge in [0.2, 0.25) is 5.91 Å². The van der Waals surface area contributed by atoms with E-state index in [0.717, 1.165) is 12.2 Å². The number of carbonyl (C=O) groups is 2. The van der Waals surface area contributed by atoms with Gasteiger partial charge in [0.15, 0.2) is 0 Å². The van der Waals surface area contributed by atoms with Crippen molar-refractivity contribution in [3.05, 3.63) is 42.2 Å². The normalized spacial score (nSPS) is 10.2. The predicted octanol–water partition coefficient (Wildman–Crippen LogP) is 1.40. The third-order valence-electron chi connectivity index (χ3n) is 1.49. The molecule has 0 fully saturated rings. The Labute approximate surface area is 85.0 Å². The number of anilines is 1. The Balaban J connectivity index is 2.59. The molecular weight excluding hydrogens is 201 g/mol. The molecule has 0 aromatic heterocycles. The lowest BCUT2D eigenvalue weighted by Gasteiger charge is -2.00. The summed E-state index contributed by atoms with van der Waals surface area (Å²) in [6.45, 7) is 0. The zero-order valence-electron chi connectivity index (χ0n) is 7.61. The van der Waals surface area contributed by atoms with Gasteiger partial charge < -0.3 is 10.4 Å². The molecule has 0 aliphatic heterocycles. The van der Waals surface area contributed by atoms with E-state index in [0.29, 0.717) is 5.69 Å². The molecule has 1 rings (SSSR count). The summed E-state index contributed by atoms with van der Waals surface area (Å²) in [5.41, 5.74) is 0.399. The van der Waals surface area contributed by atoms with Gasteiger partial charge in [-0.1, -0.05) is 0 Å². The molecule has 2 N–H and O–H groups in total. The van der Waals surface area contributed by atoms with Crippen molar-refractivity contribution in [2.45, 2.75) is 0 Å². The van der Waals surface area contributed by atoms with E-state index in [1.165, 1.54) is 24.3 Å². The minimum atomic E-state index is -1.20. The van der Waals surface area contributed by atoms with Crippen LogP contribution in [0.25, 0.3) is 0 Å². The molecule has 0 aliphatic rings. The molecule has 0 aliphatic carbocycles. The minimum absolute atomic E-state index is 0.399. The van der Waals surface area contributed by atoms with E-state index in [2.05, 4.69) is 5.32 Å². The summed E-state index contributed by atoms with van der Waals surface area (Å²) in [6.07, 6.45) is 1.60. The molecule has 5 heteroatoms. The third kappa shape index (κ3) is 4.04. The molecule has 0 atom stereocenters. The van der Waals surface area contributed by atoms with Gasteiger partial charge in [0.25, 0.3) is 0 Å². The van der Waals surface area contributed by atoms with Gasteiger partial charge in [0.1, 0.15) is 5.82 Å². The first-order valence-corrected chi connectivity index (χ1v) is 4.05. The Morgan fingerprint density at radius 2 is 1.80 bits per heavy atom. The van der Waals surface area contributed by atoms with Crippen LogP contribution in [0, 0.1) is 5.82 Å². The maximum atomic E-state index is 12.5. The van der Waals surface area contributed by atoms with Crippen LogP contribution in [-0.4, -0.2) is 17.0 Å². The molecule has 0 bridgehead atoms. The Morgan fingerprint density at radius 1 is 1.20 bits per heavy atom. The topological polar surface area (TPSA) is 66.4 Å². The van der Waals surface area contributed by atoms with Crippen molar-refractivity contribution in [2.24, 2.45) is 0 Å². The summed E-state index contributed by atoms with van der Waals surface area (Å²) in [6, 6.07) is 5.14. The van der Waals surface area contributed by atoms with Crippen molar-refractivity contribution < 1.29 is 19.1 Å². The summed E-state index contributed by atoms with van der Waals surface area (Å²) in [4.78, 5) is 21.1. The molecule has 0 spiro atoms. The fraction of sp³-hybridized carbons (Fsp3) is 0. The molecule has 0 heterocycles. The van der Waals surface area contributed by atoms with Crippen molar-refractivity contribution in [1.82, 2.24) is 0 Å². The van der Waals surface area contributed by atoms with Crippen molar-refractivity contribution in [3.63, 3.8) is 0 Å². The van der Waals surface area contributed by atoms with Crippen LogP contribution in [-0.2, 0) is 9.59 Å². The first-order chi connectivity index (χ1) is 7.08. The zero-order chi connectivity index (χ0) is 11.3. The molecule has 1 aromatic rings. The van der Waals surface area contributed by atoms with E-state index in [-0.39, 0.29) is 0 Å². The van der Waals surface area contributed by atoms with Crippen LogP contribution in [0.15, 0.2) is 36.4 Å². The smallest absolute Gasteiger partial charge is 0.328 e. The lowest BCUT2D eigenvalue weighted by Crippen LogP contribution is -2.08. The van der Waals surface area contributed by atoms with Gasteiger partial charge >= 0.3 is 5.97 Å². The number of halogens is 1. The maximum Gasteiger partial charge on any atom is 0.328 e. The van der Waals surface area contributed by atoms with Gasteiger partial charge in [-0.15, -0.1) is 0 Å². The van der Waals surface area contributed by atoms with Gasteiger partial charge in [0.05, 0.1) is 0 Å². The van der Waals surface area contributed by atoms with Gasteiger partial charge in [-0.25, -0.2) is 9.18 Å². The molecule has 78 valence electrons. The Bertz CT molecular complexity index is 398. The number of hydrogen-bond donors (Lipinski definition) is 2. The van der Waals surface area contributed by atoms with Crippen LogP contribution in [0.3, 0.4) is 0 Å². The van der Waals surface area contributed by atoms with E-state index in [1.54, 1.807) is 0 Å². The number of rotatable bonds is 3. The van der Waals surface area contributed by atoms with Crippen molar-refractivity contribution in [1.29, 1.82) is 0 Å². The highest BCUT2D eigenvalue weighted by Crippen LogP contribution is 2.07. The number of carboxylic acid groups (broad SMARTS) is 1. The quantitative estimate of drug-likeness (QED) is 0.739. The monoisotopic (exact) mass is 209 g/mol. The number of benzene rings is 1. The minimum Gasteiger partial charge on any atom is -0.478 e. The lowest BCUT2D eigenvalue weighted by molar-refractivity contribution is -0.131. The van der Waals surface area contributed by atoms with E-state index < -0.39 is 17.7 Å². The van der Waals surface area contributed by atoms with E-state index in [1.807, 2.05) is 0 Å². The zero-order valence-corrected chi connectivity index (χ0v) is 7.61. The summed E-state index contributed by atoms with van der Waals surface area (Å²) < 4.78 is 12.5. The summed E-state index contributed by atoms with van der Waals surface area (Å²) in [5.74, 6) is -2.19. The van der Waals surface area contributed by atoms with Crippen LogP contribution < -0.4 is 5.32 Å². The molecule has 1 amide bonds. The number of carbonyl (C=O) groups excluding carboxylic acids is 1. The fourth-order valence-electron chi connectivity index (χ4n) is 0.864. The fourth-order valence-corrected chi connectivity index (χ4v) is 0.864. The number of carboxylic acids is 1. The van der Waals surface area contributed by atoms with Crippen molar-refractivity contribution >= 4 is 17.6 Å². The molecule has 0 unspecified atom stereocenters.